The molecular weight excluding hydrogens is 264 g/mol. The standard InChI is InChI=1S/C12H14N4S2/c1-9-14-12(18-15-9)16(8-7-11(13)17)10-5-3-2-4-6-10/h2-6H,7-8H2,1H3,(H2,13,17). The Hall–Kier alpha value is -1.53. The minimum absolute atomic E-state index is 0.511. The molecule has 1 aromatic carbocycles. The molecule has 1 heterocycles. The van der Waals surface area contributed by atoms with Crippen LogP contribution in [-0.2, 0) is 0 Å². The van der Waals surface area contributed by atoms with Crippen molar-refractivity contribution in [3.8, 4) is 0 Å². The molecule has 0 saturated carbocycles. The predicted octanol–water partition coefficient (Wildman–Crippen LogP) is 2.66. The Morgan fingerprint density at radius 3 is 2.67 bits per heavy atom. The fourth-order valence-corrected chi connectivity index (χ4v) is 2.37. The first kappa shape index (κ1) is 12.9. The first-order valence-electron chi connectivity index (χ1n) is 5.58. The Morgan fingerprint density at radius 2 is 2.11 bits per heavy atom. The Kier molecular flexibility index (Phi) is 4.22. The van der Waals surface area contributed by atoms with Crippen molar-refractivity contribution in [2.45, 2.75) is 13.3 Å². The van der Waals surface area contributed by atoms with Crippen molar-refractivity contribution in [1.29, 1.82) is 0 Å². The molecule has 18 heavy (non-hydrogen) atoms. The summed E-state index contributed by atoms with van der Waals surface area (Å²) in [6, 6.07) is 10.1. The average molecular weight is 278 g/mol. The Balaban J connectivity index is 2.26. The number of para-hydroxylation sites is 1. The normalized spacial score (nSPS) is 10.3. The number of nitrogens with zero attached hydrogens (tertiary/aromatic N) is 3. The van der Waals surface area contributed by atoms with Crippen LogP contribution in [0.15, 0.2) is 30.3 Å². The van der Waals surface area contributed by atoms with Crippen LogP contribution in [0.2, 0.25) is 0 Å². The van der Waals surface area contributed by atoms with Gasteiger partial charge in [-0.3, -0.25) is 0 Å². The fraction of sp³-hybridized carbons (Fsp3) is 0.250. The number of hydrogen-bond acceptors (Lipinski definition) is 5. The molecule has 0 saturated heterocycles. The number of hydrogen-bond donors (Lipinski definition) is 1. The molecule has 0 aliphatic carbocycles. The van der Waals surface area contributed by atoms with E-state index in [9.17, 15) is 0 Å². The number of anilines is 2. The summed E-state index contributed by atoms with van der Waals surface area (Å²) < 4.78 is 4.21. The molecule has 2 aromatic rings. The highest BCUT2D eigenvalue weighted by molar-refractivity contribution is 7.80. The summed E-state index contributed by atoms with van der Waals surface area (Å²) in [6.45, 7) is 2.60. The molecule has 1 aromatic heterocycles. The van der Waals surface area contributed by atoms with Crippen LogP contribution in [-0.4, -0.2) is 20.9 Å². The molecule has 0 spiro atoms. The van der Waals surface area contributed by atoms with Gasteiger partial charge in [0.2, 0.25) is 5.13 Å². The summed E-state index contributed by atoms with van der Waals surface area (Å²) in [6.07, 6.45) is 0.656. The second kappa shape index (κ2) is 5.88. The lowest BCUT2D eigenvalue weighted by Gasteiger charge is -2.21. The van der Waals surface area contributed by atoms with Gasteiger partial charge in [-0.1, -0.05) is 30.4 Å². The monoisotopic (exact) mass is 278 g/mol. The molecule has 4 nitrogen and oxygen atoms in total. The lowest BCUT2D eigenvalue weighted by Crippen LogP contribution is -2.23. The van der Waals surface area contributed by atoms with Crippen molar-refractivity contribution in [3.63, 3.8) is 0 Å². The van der Waals surface area contributed by atoms with Crippen molar-refractivity contribution in [3.05, 3.63) is 36.2 Å². The zero-order valence-corrected chi connectivity index (χ0v) is 11.7. The maximum atomic E-state index is 5.57. The van der Waals surface area contributed by atoms with Crippen molar-refractivity contribution in [2.24, 2.45) is 5.73 Å². The van der Waals surface area contributed by atoms with E-state index in [4.69, 9.17) is 18.0 Å². The highest BCUT2D eigenvalue weighted by atomic mass is 32.1. The van der Waals surface area contributed by atoms with E-state index in [0.717, 1.165) is 16.6 Å². The third-order valence-corrected chi connectivity index (χ3v) is 3.43. The van der Waals surface area contributed by atoms with Gasteiger partial charge in [-0.25, -0.2) is 4.98 Å². The molecule has 6 heteroatoms. The van der Waals surface area contributed by atoms with E-state index in [-0.39, 0.29) is 0 Å². The van der Waals surface area contributed by atoms with E-state index >= 15 is 0 Å². The summed E-state index contributed by atoms with van der Waals surface area (Å²) >= 11 is 6.32. The van der Waals surface area contributed by atoms with Gasteiger partial charge in [0, 0.05) is 30.2 Å². The van der Waals surface area contributed by atoms with Crippen molar-refractivity contribution >= 4 is 39.6 Å². The lowest BCUT2D eigenvalue weighted by molar-refractivity contribution is 0.953. The highest BCUT2D eigenvalue weighted by Gasteiger charge is 2.13. The molecule has 0 radical (unpaired) electrons. The second-order valence-corrected chi connectivity index (χ2v) is 5.08. The quantitative estimate of drug-likeness (QED) is 0.852. The Bertz CT molecular complexity index is 524. The van der Waals surface area contributed by atoms with Crippen molar-refractivity contribution < 1.29 is 0 Å². The van der Waals surface area contributed by atoms with Gasteiger partial charge in [0.15, 0.2) is 0 Å². The van der Waals surface area contributed by atoms with Crippen LogP contribution in [0.25, 0.3) is 0 Å². The van der Waals surface area contributed by atoms with E-state index in [1.165, 1.54) is 11.5 Å². The smallest absolute Gasteiger partial charge is 0.209 e. The molecule has 0 aliphatic heterocycles. The van der Waals surface area contributed by atoms with Gasteiger partial charge in [-0.15, -0.1) is 0 Å². The van der Waals surface area contributed by atoms with Crippen LogP contribution >= 0.6 is 23.8 Å². The van der Waals surface area contributed by atoms with Crippen LogP contribution in [0.3, 0.4) is 0 Å². The van der Waals surface area contributed by atoms with E-state index < -0.39 is 0 Å². The molecule has 2 N–H and O–H groups in total. The van der Waals surface area contributed by atoms with E-state index in [0.29, 0.717) is 18.0 Å². The van der Waals surface area contributed by atoms with Gasteiger partial charge in [-0.05, 0) is 19.1 Å². The molecule has 2 rings (SSSR count). The number of rotatable bonds is 5. The van der Waals surface area contributed by atoms with E-state index in [1.54, 1.807) is 0 Å². The Labute approximate surface area is 116 Å². The molecule has 0 unspecified atom stereocenters. The van der Waals surface area contributed by atoms with Crippen LogP contribution in [0.5, 0.6) is 0 Å². The summed E-state index contributed by atoms with van der Waals surface area (Å²) in [4.78, 5) is 7.01. The summed E-state index contributed by atoms with van der Waals surface area (Å²) in [7, 11) is 0. The topological polar surface area (TPSA) is 55.0 Å². The van der Waals surface area contributed by atoms with Gasteiger partial charge in [0.25, 0.3) is 0 Å². The zero-order valence-electron chi connectivity index (χ0n) is 10.0. The first-order chi connectivity index (χ1) is 8.66. The van der Waals surface area contributed by atoms with Crippen molar-refractivity contribution in [1.82, 2.24) is 9.36 Å². The molecule has 0 aliphatic rings. The van der Waals surface area contributed by atoms with Gasteiger partial charge < -0.3 is 10.6 Å². The SMILES string of the molecule is Cc1nsc(N(CCC(N)=S)c2ccccc2)n1. The molecule has 0 fully saturated rings. The number of benzene rings is 1. The number of aromatic nitrogens is 2. The molecule has 94 valence electrons. The number of aryl methyl sites for hydroxylation is 1. The number of thiocarbonyl (C=S) groups is 1. The summed E-state index contributed by atoms with van der Waals surface area (Å²) in [5.41, 5.74) is 6.65. The van der Waals surface area contributed by atoms with E-state index in [2.05, 4.69) is 14.3 Å². The maximum absolute atomic E-state index is 5.57. The largest absolute Gasteiger partial charge is 0.393 e. The summed E-state index contributed by atoms with van der Waals surface area (Å²) in [5.74, 6) is 0.784. The van der Waals surface area contributed by atoms with Crippen molar-refractivity contribution in [2.75, 3.05) is 11.4 Å². The second-order valence-electron chi connectivity index (χ2n) is 3.83. The molecule has 0 atom stereocenters. The van der Waals surface area contributed by atoms with E-state index in [1.807, 2.05) is 37.3 Å². The molecule has 0 bridgehead atoms. The lowest BCUT2D eigenvalue weighted by atomic mass is 10.3. The van der Waals surface area contributed by atoms with Crippen LogP contribution < -0.4 is 10.6 Å². The van der Waals surface area contributed by atoms with Gasteiger partial charge in [0.05, 0.1) is 4.99 Å². The van der Waals surface area contributed by atoms with Gasteiger partial charge >= 0.3 is 0 Å². The minimum atomic E-state index is 0.511. The first-order valence-corrected chi connectivity index (χ1v) is 6.76. The highest BCUT2D eigenvalue weighted by Crippen LogP contribution is 2.26. The zero-order chi connectivity index (χ0) is 13.0. The predicted molar refractivity (Wildman–Crippen MR) is 79.5 cm³/mol. The molecule has 0 amide bonds. The third kappa shape index (κ3) is 3.24. The fourth-order valence-electron chi connectivity index (χ4n) is 1.56. The average Bonchev–Trinajstić information content (AvgIpc) is 2.77. The van der Waals surface area contributed by atoms with Crippen LogP contribution in [0, 0.1) is 6.92 Å². The minimum Gasteiger partial charge on any atom is -0.393 e. The summed E-state index contributed by atoms with van der Waals surface area (Å²) in [5, 5.41) is 0.870. The molecular formula is C12H14N4S2. The number of nitrogens with two attached hydrogens (primary N) is 1. The van der Waals surface area contributed by atoms with Gasteiger partial charge in [-0.2, -0.15) is 4.37 Å². The van der Waals surface area contributed by atoms with Gasteiger partial charge in [0.1, 0.15) is 5.82 Å². The third-order valence-electron chi connectivity index (χ3n) is 2.40. The van der Waals surface area contributed by atoms with Crippen LogP contribution in [0.1, 0.15) is 12.2 Å². The maximum Gasteiger partial charge on any atom is 0.209 e. The van der Waals surface area contributed by atoms with Crippen LogP contribution in [0.4, 0.5) is 10.8 Å². The Morgan fingerprint density at radius 1 is 1.39 bits per heavy atom.